The summed E-state index contributed by atoms with van der Waals surface area (Å²) in [6, 6.07) is 1.00. The standard InChI is InChI=1S/C13H9Cl2F3N6O2/c1-5(25)21-6-3-19-8(2-7(6)26-13(16,17)18)24-4-20-9-10(14)22-12(15)23-11(9)24/h2-5,21,25H,1H3. The number of nitrogens with one attached hydrogen (secondary N) is 1. The summed E-state index contributed by atoms with van der Waals surface area (Å²) in [7, 11) is 0. The summed E-state index contributed by atoms with van der Waals surface area (Å²) in [4.78, 5) is 15.7. The van der Waals surface area contributed by atoms with Gasteiger partial charge in [-0.1, -0.05) is 11.6 Å². The molecule has 0 bridgehead atoms. The molecule has 0 spiro atoms. The maximum absolute atomic E-state index is 12.7. The summed E-state index contributed by atoms with van der Waals surface area (Å²) >= 11 is 11.7. The fourth-order valence-electron chi connectivity index (χ4n) is 2.11. The molecule has 2 N–H and O–H groups in total. The van der Waals surface area contributed by atoms with Crippen LogP contribution in [0.1, 0.15) is 6.92 Å². The molecule has 138 valence electrons. The third kappa shape index (κ3) is 3.89. The van der Waals surface area contributed by atoms with Crippen LogP contribution in [0.2, 0.25) is 10.4 Å². The molecule has 0 saturated heterocycles. The van der Waals surface area contributed by atoms with Gasteiger partial charge in [-0.2, -0.15) is 4.98 Å². The van der Waals surface area contributed by atoms with Crippen molar-refractivity contribution in [3.05, 3.63) is 29.0 Å². The molecule has 0 aliphatic rings. The lowest BCUT2D eigenvalue weighted by Crippen LogP contribution is -2.20. The minimum Gasteiger partial charge on any atom is -0.403 e. The molecule has 0 aliphatic heterocycles. The van der Waals surface area contributed by atoms with Crippen molar-refractivity contribution in [3.63, 3.8) is 0 Å². The Balaban J connectivity index is 2.13. The smallest absolute Gasteiger partial charge is 0.403 e. The van der Waals surface area contributed by atoms with Gasteiger partial charge in [-0.3, -0.25) is 4.57 Å². The Morgan fingerprint density at radius 1 is 1.27 bits per heavy atom. The number of aliphatic hydroxyl groups excluding tert-OH is 1. The molecule has 3 heterocycles. The first-order valence-electron chi connectivity index (χ1n) is 6.91. The SMILES string of the molecule is CC(O)Nc1cnc(-n2cnc3c(Cl)nc(Cl)nc32)cc1OC(F)(F)F. The summed E-state index contributed by atoms with van der Waals surface area (Å²) in [6.45, 7) is 1.33. The molecule has 3 aromatic heterocycles. The normalized spacial score (nSPS) is 13.0. The number of hydrogen-bond donors (Lipinski definition) is 2. The monoisotopic (exact) mass is 408 g/mol. The highest BCUT2D eigenvalue weighted by Crippen LogP contribution is 2.32. The Kier molecular flexibility index (Phi) is 4.78. The number of anilines is 1. The average molecular weight is 409 g/mol. The molecule has 0 aromatic carbocycles. The van der Waals surface area contributed by atoms with E-state index in [1.54, 1.807) is 0 Å². The van der Waals surface area contributed by atoms with Gasteiger partial charge in [0.2, 0.25) is 5.28 Å². The predicted octanol–water partition coefficient (Wildman–Crippen LogP) is 3.17. The summed E-state index contributed by atoms with van der Waals surface area (Å²) in [5, 5.41) is 11.6. The predicted molar refractivity (Wildman–Crippen MR) is 86.5 cm³/mol. The molecule has 3 rings (SSSR count). The largest absolute Gasteiger partial charge is 0.573 e. The van der Waals surface area contributed by atoms with Crippen molar-refractivity contribution in [1.82, 2.24) is 24.5 Å². The Bertz CT molecular complexity index is 963. The second-order valence-corrected chi connectivity index (χ2v) is 5.67. The van der Waals surface area contributed by atoms with Gasteiger partial charge in [-0.05, 0) is 18.5 Å². The van der Waals surface area contributed by atoms with Gasteiger partial charge in [-0.25, -0.2) is 15.0 Å². The number of fused-ring (bicyclic) bond motifs is 1. The fourth-order valence-corrected chi connectivity index (χ4v) is 2.53. The molecule has 0 aliphatic carbocycles. The first-order valence-corrected chi connectivity index (χ1v) is 7.66. The average Bonchev–Trinajstić information content (AvgIpc) is 2.91. The molecular formula is C13H9Cl2F3N6O2. The lowest BCUT2D eigenvalue weighted by Gasteiger charge is -2.16. The van der Waals surface area contributed by atoms with Gasteiger partial charge in [0.15, 0.2) is 16.5 Å². The van der Waals surface area contributed by atoms with E-state index in [2.05, 4.69) is 30.0 Å². The number of aliphatic hydroxyl groups is 1. The number of aromatic nitrogens is 5. The van der Waals surface area contributed by atoms with E-state index in [-0.39, 0.29) is 33.1 Å². The summed E-state index contributed by atoms with van der Waals surface area (Å²) < 4.78 is 43.3. The fraction of sp³-hybridized carbons (Fsp3) is 0.231. The molecular weight excluding hydrogens is 400 g/mol. The Labute approximate surface area is 153 Å². The lowest BCUT2D eigenvalue weighted by molar-refractivity contribution is -0.274. The second kappa shape index (κ2) is 6.74. The third-order valence-corrected chi connectivity index (χ3v) is 3.45. The second-order valence-electron chi connectivity index (χ2n) is 4.98. The van der Waals surface area contributed by atoms with Gasteiger partial charge in [0, 0.05) is 6.07 Å². The van der Waals surface area contributed by atoms with Crippen LogP contribution in [-0.4, -0.2) is 42.2 Å². The molecule has 1 unspecified atom stereocenters. The van der Waals surface area contributed by atoms with Crippen LogP contribution in [0.4, 0.5) is 18.9 Å². The zero-order valence-electron chi connectivity index (χ0n) is 12.8. The first kappa shape index (κ1) is 18.4. The van der Waals surface area contributed by atoms with Gasteiger partial charge in [-0.15, -0.1) is 13.2 Å². The van der Waals surface area contributed by atoms with E-state index < -0.39 is 18.3 Å². The van der Waals surface area contributed by atoms with E-state index in [4.69, 9.17) is 23.2 Å². The van der Waals surface area contributed by atoms with Crippen LogP contribution in [0.5, 0.6) is 5.75 Å². The van der Waals surface area contributed by atoms with Crippen molar-refractivity contribution in [2.45, 2.75) is 19.5 Å². The number of halogens is 5. The highest BCUT2D eigenvalue weighted by molar-refractivity contribution is 6.35. The molecule has 13 heteroatoms. The van der Waals surface area contributed by atoms with Crippen molar-refractivity contribution in [2.75, 3.05) is 5.32 Å². The van der Waals surface area contributed by atoms with Crippen molar-refractivity contribution in [3.8, 4) is 11.6 Å². The van der Waals surface area contributed by atoms with E-state index in [1.807, 2.05) is 0 Å². The number of pyridine rings is 1. The number of alkyl halides is 3. The number of rotatable bonds is 4. The molecule has 26 heavy (non-hydrogen) atoms. The van der Waals surface area contributed by atoms with Crippen molar-refractivity contribution in [2.24, 2.45) is 0 Å². The quantitative estimate of drug-likeness (QED) is 0.388. The molecule has 3 aromatic rings. The third-order valence-electron chi connectivity index (χ3n) is 3.01. The van der Waals surface area contributed by atoms with Gasteiger partial charge < -0.3 is 15.2 Å². The van der Waals surface area contributed by atoms with E-state index in [0.717, 1.165) is 12.3 Å². The van der Waals surface area contributed by atoms with E-state index in [1.165, 1.54) is 17.8 Å². The molecule has 0 radical (unpaired) electrons. The van der Waals surface area contributed by atoms with Gasteiger partial charge in [0.25, 0.3) is 0 Å². The summed E-state index contributed by atoms with van der Waals surface area (Å²) in [5.41, 5.74) is 0.190. The van der Waals surface area contributed by atoms with Crippen LogP contribution in [0.25, 0.3) is 17.0 Å². The van der Waals surface area contributed by atoms with E-state index >= 15 is 0 Å². The summed E-state index contributed by atoms with van der Waals surface area (Å²) in [6.07, 6.45) is -3.75. The maximum atomic E-state index is 12.7. The molecule has 0 fully saturated rings. The van der Waals surface area contributed by atoms with Crippen LogP contribution in [0, 0.1) is 0 Å². The highest BCUT2D eigenvalue weighted by Gasteiger charge is 2.32. The van der Waals surface area contributed by atoms with Crippen LogP contribution < -0.4 is 10.1 Å². The van der Waals surface area contributed by atoms with Crippen LogP contribution in [0.3, 0.4) is 0 Å². The minimum atomic E-state index is -4.94. The van der Waals surface area contributed by atoms with Crippen LogP contribution in [0.15, 0.2) is 18.6 Å². The number of hydrogen-bond acceptors (Lipinski definition) is 7. The van der Waals surface area contributed by atoms with Gasteiger partial charge in [0.1, 0.15) is 23.9 Å². The Morgan fingerprint density at radius 2 is 2.00 bits per heavy atom. The first-order chi connectivity index (χ1) is 12.1. The summed E-state index contributed by atoms with van der Waals surface area (Å²) in [5.74, 6) is -0.592. The van der Waals surface area contributed by atoms with E-state index in [9.17, 15) is 18.3 Å². The number of nitrogens with zero attached hydrogens (tertiary/aromatic N) is 5. The number of ether oxygens (including phenoxy) is 1. The van der Waals surface area contributed by atoms with Gasteiger partial charge in [0.05, 0.1) is 11.9 Å². The Morgan fingerprint density at radius 3 is 2.65 bits per heavy atom. The van der Waals surface area contributed by atoms with Crippen molar-refractivity contribution >= 4 is 40.1 Å². The highest BCUT2D eigenvalue weighted by atomic mass is 35.5. The van der Waals surface area contributed by atoms with Crippen molar-refractivity contribution < 1.29 is 23.0 Å². The zero-order valence-corrected chi connectivity index (χ0v) is 14.3. The number of imidazole rings is 1. The topological polar surface area (TPSA) is 98.0 Å². The zero-order chi connectivity index (χ0) is 19.1. The van der Waals surface area contributed by atoms with E-state index in [0.29, 0.717) is 0 Å². The molecule has 0 saturated carbocycles. The Hall–Kier alpha value is -2.37. The van der Waals surface area contributed by atoms with Crippen molar-refractivity contribution in [1.29, 1.82) is 0 Å². The van der Waals surface area contributed by atoms with Crippen LogP contribution >= 0.6 is 23.2 Å². The molecule has 8 nitrogen and oxygen atoms in total. The minimum absolute atomic E-state index is 0.00808. The molecule has 1 atom stereocenters. The van der Waals surface area contributed by atoms with Gasteiger partial charge >= 0.3 is 6.36 Å². The van der Waals surface area contributed by atoms with Crippen LogP contribution in [-0.2, 0) is 0 Å². The maximum Gasteiger partial charge on any atom is 0.573 e. The lowest BCUT2D eigenvalue weighted by atomic mass is 10.3. The molecule has 0 amide bonds.